The molecule has 0 fully saturated rings. The van der Waals surface area contributed by atoms with Gasteiger partial charge in [-0.15, -0.1) is 5.10 Å². The summed E-state index contributed by atoms with van der Waals surface area (Å²) >= 11 is 0. The first-order valence-electron chi connectivity index (χ1n) is 5.87. The van der Waals surface area contributed by atoms with Crippen molar-refractivity contribution in [2.24, 2.45) is 0 Å². The van der Waals surface area contributed by atoms with Gasteiger partial charge in [-0.3, -0.25) is 14.8 Å². The second kappa shape index (κ2) is 5.85. The molecule has 116 valence electrons. The molecule has 0 saturated heterocycles. The van der Waals surface area contributed by atoms with E-state index >= 15 is 0 Å². The van der Waals surface area contributed by atoms with Crippen LogP contribution in [0.4, 0.5) is 16.3 Å². The van der Waals surface area contributed by atoms with Gasteiger partial charge in [0.15, 0.2) is 5.82 Å². The van der Waals surface area contributed by atoms with E-state index in [1.807, 2.05) is 0 Å². The number of hydrogen-bond donors (Lipinski definition) is 1. The molecule has 1 N–H and O–H groups in total. The molecule has 22 heavy (non-hydrogen) atoms. The predicted octanol–water partition coefficient (Wildman–Crippen LogP) is 1.51. The van der Waals surface area contributed by atoms with Crippen LogP contribution in [0.3, 0.4) is 0 Å². The van der Waals surface area contributed by atoms with E-state index in [1.54, 1.807) is 0 Å². The average Bonchev–Trinajstić information content (AvgIpc) is 2.85. The van der Waals surface area contributed by atoms with E-state index in [-0.39, 0.29) is 17.3 Å². The van der Waals surface area contributed by atoms with Crippen LogP contribution in [0.2, 0.25) is 0 Å². The normalized spacial score (nSPS) is 13.1. The molecular weight excluding hydrogens is 312 g/mol. The lowest BCUT2D eigenvalue weighted by atomic mass is 10.3. The minimum atomic E-state index is -2.50. The maximum atomic E-state index is 11.8. The lowest BCUT2D eigenvalue weighted by Gasteiger charge is -2.04. The second-order valence-corrected chi connectivity index (χ2v) is 6.59. The Hall–Kier alpha value is -2.88. The minimum absolute atomic E-state index is 0.112. The van der Waals surface area contributed by atoms with Crippen molar-refractivity contribution in [3.8, 4) is 5.75 Å². The number of hydrogen-bond acceptors (Lipinski definition) is 6. The number of anilines is 1. The van der Waals surface area contributed by atoms with Crippen molar-refractivity contribution in [3.05, 3.63) is 46.6 Å². The molecule has 0 bridgehead atoms. The van der Waals surface area contributed by atoms with Crippen LogP contribution in [-0.4, -0.2) is 37.1 Å². The molecule has 0 aliphatic carbocycles. The van der Waals surface area contributed by atoms with Gasteiger partial charge in [0.05, 0.1) is 4.92 Å². The molecule has 2 rings (SSSR count). The van der Waals surface area contributed by atoms with Gasteiger partial charge in [-0.2, -0.15) is 4.68 Å². The Kier molecular flexibility index (Phi) is 4.13. The first-order valence-corrected chi connectivity index (χ1v) is 8.00. The predicted molar refractivity (Wildman–Crippen MR) is 81.6 cm³/mol. The molecule has 0 aliphatic heterocycles. The van der Waals surface area contributed by atoms with Crippen LogP contribution in [0, 0.1) is 10.1 Å². The van der Waals surface area contributed by atoms with E-state index in [9.17, 15) is 19.1 Å². The van der Waals surface area contributed by atoms with Crippen LogP contribution in [0.25, 0.3) is 0 Å². The molecule has 10 heteroatoms. The molecule has 0 radical (unpaired) electrons. The molecule has 1 unspecified atom stereocenters. The third-order valence-electron chi connectivity index (χ3n) is 2.35. The summed E-state index contributed by atoms with van der Waals surface area (Å²) in [5, 5.41) is 14.4. The van der Waals surface area contributed by atoms with E-state index in [0.29, 0.717) is 0 Å². The smallest absolute Gasteiger partial charge is 0.409 e. The van der Waals surface area contributed by atoms with Gasteiger partial charge < -0.3 is 4.74 Å². The van der Waals surface area contributed by atoms with Crippen LogP contribution < -0.4 is 9.46 Å². The minimum Gasteiger partial charge on any atom is -0.409 e. The summed E-state index contributed by atoms with van der Waals surface area (Å²) in [6.45, 7) is 0. The van der Waals surface area contributed by atoms with Crippen LogP contribution in [0.15, 0.2) is 36.5 Å². The van der Waals surface area contributed by atoms with Crippen molar-refractivity contribution in [2.75, 3.05) is 11.0 Å². The monoisotopic (exact) mass is 324 g/mol. The van der Waals surface area contributed by atoms with Gasteiger partial charge in [-0.25, -0.2) is 9.00 Å². The van der Waals surface area contributed by atoms with Gasteiger partial charge in [-0.05, 0) is 18.0 Å². The number of carbonyl (C=O) groups is 1. The summed E-state index contributed by atoms with van der Waals surface area (Å²) in [6.07, 6.45) is 1.90. The molecule has 1 atom stereocenters. The highest BCUT2D eigenvalue weighted by molar-refractivity contribution is 8.00. The maximum absolute atomic E-state index is 11.8. The van der Waals surface area contributed by atoms with Crippen molar-refractivity contribution in [1.29, 1.82) is 0 Å². The quantitative estimate of drug-likeness (QED) is 0.517. The van der Waals surface area contributed by atoms with Crippen LogP contribution in [0.1, 0.15) is 0 Å². The fraction of sp³-hybridized carbons (Fsp3) is 0.0833. The molecule has 0 aliphatic rings. The molecule has 0 saturated carbocycles. The lowest BCUT2D eigenvalue weighted by Crippen LogP contribution is -2.18. The fourth-order valence-electron chi connectivity index (χ4n) is 1.48. The second-order valence-electron chi connectivity index (χ2n) is 4.37. The zero-order valence-electron chi connectivity index (χ0n) is 11.5. The van der Waals surface area contributed by atoms with E-state index in [0.717, 1.165) is 4.68 Å². The third kappa shape index (κ3) is 4.06. The van der Waals surface area contributed by atoms with E-state index < -0.39 is 20.7 Å². The van der Waals surface area contributed by atoms with Gasteiger partial charge >= 0.3 is 6.09 Å². The molecule has 1 aromatic carbocycles. The molecule has 2 aromatic rings. The highest BCUT2D eigenvalue weighted by Crippen LogP contribution is 2.17. The number of nitrogens with one attached hydrogen (secondary N) is 1. The molecular formula is C12H12N4O5S. The summed E-state index contributed by atoms with van der Waals surface area (Å²) in [5.41, 5.74) is -0.112. The Morgan fingerprint density at radius 2 is 2.05 bits per heavy atom. The van der Waals surface area contributed by atoms with E-state index in [4.69, 9.17) is 4.74 Å². The third-order valence-corrected chi connectivity index (χ3v) is 2.99. The summed E-state index contributed by atoms with van der Waals surface area (Å²) in [7, 11) is -2.50. The number of nitrogens with zero attached hydrogens (tertiary/aromatic N) is 3. The number of nitro groups is 1. The zero-order valence-corrected chi connectivity index (χ0v) is 12.3. The molecule has 1 heterocycles. The zero-order chi connectivity index (χ0) is 16.3. The van der Waals surface area contributed by atoms with E-state index in [2.05, 4.69) is 15.7 Å². The molecule has 0 spiro atoms. The number of benzene rings is 1. The Bertz CT molecular complexity index is 810. The van der Waals surface area contributed by atoms with Gasteiger partial charge in [-0.1, -0.05) is 0 Å². The molecule has 9 nitrogen and oxygen atoms in total. The van der Waals surface area contributed by atoms with Crippen LogP contribution in [0.5, 0.6) is 5.75 Å². The lowest BCUT2D eigenvalue weighted by molar-refractivity contribution is -0.384. The summed E-state index contributed by atoms with van der Waals surface area (Å²) < 4.78 is 19.9. The van der Waals surface area contributed by atoms with Crippen LogP contribution in [-0.2, 0) is 9.71 Å². The Morgan fingerprint density at radius 3 is 2.59 bits per heavy atom. The number of non-ortho nitro benzene ring substituents is 1. The first-order chi connectivity index (χ1) is 10.2. The fourth-order valence-corrected chi connectivity index (χ4v) is 2.04. The number of aromatic nitrogens is 2. The number of nitro benzene ring substituents is 1. The summed E-state index contributed by atoms with van der Waals surface area (Å²) in [5.74, 6) is 3.75. The Labute approximate surface area is 125 Å². The van der Waals surface area contributed by atoms with Crippen molar-refractivity contribution in [3.63, 3.8) is 0 Å². The van der Waals surface area contributed by atoms with Crippen molar-refractivity contribution >= 4 is 33.2 Å². The standard InChI is InChI=1S/C12H12N4O5S/c1-22(2,20)14-11-7-8-15(13-11)12(17)21-10-5-3-9(4-6-10)16(18)19/h3-8H,1H2,2H3,(H,13,14,20). The number of carbonyl (C=O) groups excluding carboxylic acids is 1. The summed E-state index contributed by atoms with van der Waals surface area (Å²) in [4.78, 5) is 21.8. The SMILES string of the molecule is C=S(C)(=O)Nc1ccn(C(=O)Oc2ccc([N+](=O)[O-])cc2)n1. The highest BCUT2D eigenvalue weighted by atomic mass is 32.2. The average molecular weight is 324 g/mol. The van der Waals surface area contributed by atoms with Gasteiger partial charge in [0.25, 0.3) is 5.69 Å². The van der Waals surface area contributed by atoms with Crippen molar-refractivity contribution in [2.45, 2.75) is 0 Å². The largest absolute Gasteiger partial charge is 0.440 e. The number of ether oxygens (including phenoxy) is 1. The van der Waals surface area contributed by atoms with Crippen molar-refractivity contribution in [1.82, 2.24) is 9.78 Å². The number of rotatable bonds is 4. The van der Waals surface area contributed by atoms with Crippen molar-refractivity contribution < 1.29 is 18.7 Å². The first kappa shape index (κ1) is 15.5. The molecule has 1 aromatic heterocycles. The van der Waals surface area contributed by atoms with Gasteiger partial charge in [0.1, 0.15) is 5.75 Å². The Balaban J connectivity index is 2.07. The highest BCUT2D eigenvalue weighted by Gasteiger charge is 2.12. The maximum Gasteiger partial charge on any atom is 0.440 e. The van der Waals surface area contributed by atoms with E-state index in [1.165, 1.54) is 42.8 Å². The Morgan fingerprint density at radius 1 is 1.41 bits per heavy atom. The van der Waals surface area contributed by atoms with Crippen LogP contribution >= 0.6 is 0 Å². The molecule has 0 amide bonds. The van der Waals surface area contributed by atoms with Gasteiger partial charge in [0, 0.05) is 40.4 Å². The topological polar surface area (TPSA) is 116 Å². The van der Waals surface area contributed by atoms with Gasteiger partial charge in [0.2, 0.25) is 0 Å². The summed E-state index contributed by atoms with van der Waals surface area (Å²) in [6, 6.07) is 6.47.